The van der Waals surface area contributed by atoms with E-state index in [1.54, 1.807) is 36.7 Å². The van der Waals surface area contributed by atoms with Crippen LogP contribution < -0.4 is 0 Å². The lowest BCUT2D eigenvalue weighted by Gasteiger charge is -2.01. The number of aromatic amines is 1. The van der Waals surface area contributed by atoms with Gasteiger partial charge in [-0.15, -0.1) is 0 Å². The van der Waals surface area contributed by atoms with Crippen molar-refractivity contribution in [1.29, 1.82) is 0 Å². The molecule has 1 aromatic carbocycles. The highest BCUT2D eigenvalue weighted by molar-refractivity contribution is 5.95. The molecule has 0 aliphatic heterocycles. The minimum Gasteiger partial charge on any atom is -0.478 e. The molecule has 3 aromatic rings. The molecule has 0 radical (unpaired) electrons. The third-order valence-electron chi connectivity index (χ3n) is 2.82. The smallest absolute Gasteiger partial charge is 0.336 e. The molecule has 0 atom stereocenters. The molecule has 2 aromatic heterocycles. The molecule has 6 nitrogen and oxygen atoms in total. The van der Waals surface area contributed by atoms with Gasteiger partial charge in [-0.25, -0.2) is 9.78 Å². The van der Waals surface area contributed by atoms with E-state index in [2.05, 4.69) is 20.2 Å². The van der Waals surface area contributed by atoms with Crippen LogP contribution in [-0.4, -0.2) is 31.2 Å². The Kier molecular flexibility index (Phi) is 2.96. The number of pyridine rings is 1. The average molecular weight is 266 g/mol. The first-order valence-electron chi connectivity index (χ1n) is 5.91. The molecule has 0 saturated carbocycles. The summed E-state index contributed by atoms with van der Waals surface area (Å²) in [4.78, 5) is 19.5. The first-order valence-corrected chi connectivity index (χ1v) is 5.91. The molecule has 6 heteroatoms. The number of nitrogens with one attached hydrogen (secondary N) is 1. The molecule has 3 rings (SSSR count). The third kappa shape index (κ3) is 2.14. The highest BCUT2D eigenvalue weighted by atomic mass is 16.4. The Morgan fingerprint density at radius 3 is 2.75 bits per heavy atom. The van der Waals surface area contributed by atoms with Gasteiger partial charge >= 0.3 is 5.97 Å². The largest absolute Gasteiger partial charge is 0.478 e. The number of H-pyrrole nitrogens is 1. The van der Waals surface area contributed by atoms with E-state index in [0.29, 0.717) is 17.2 Å². The van der Waals surface area contributed by atoms with Crippen molar-refractivity contribution in [3.8, 4) is 22.8 Å². The SMILES string of the molecule is O=C(O)c1ccccc1-c1nc(-c2cccnc2)n[nH]1. The van der Waals surface area contributed by atoms with E-state index in [1.807, 2.05) is 6.07 Å². The van der Waals surface area contributed by atoms with Crippen LogP contribution in [0.25, 0.3) is 22.8 Å². The van der Waals surface area contributed by atoms with E-state index in [0.717, 1.165) is 5.56 Å². The zero-order chi connectivity index (χ0) is 13.9. The molecule has 2 heterocycles. The van der Waals surface area contributed by atoms with E-state index < -0.39 is 5.97 Å². The van der Waals surface area contributed by atoms with Gasteiger partial charge in [-0.3, -0.25) is 10.1 Å². The fraction of sp³-hybridized carbons (Fsp3) is 0. The molecule has 0 unspecified atom stereocenters. The van der Waals surface area contributed by atoms with E-state index in [-0.39, 0.29) is 5.56 Å². The Morgan fingerprint density at radius 2 is 2.00 bits per heavy atom. The summed E-state index contributed by atoms with van der Waals surface area (Å²) >= 11 is 0. The summed E-state index contributed by atoms with van der Waals surface area (Å²) < 4.78 is 0. The van der Waals surface area contributed by atoms with Gasteiger partial charge in [-0.2, -0.15) is 5.10 Å². The first kappa shape index (κ1) is 12.0. The van der Waals surface area contributed by atoms with Crippen molar-refractivity contribution >= 4 is 5.97 Å². The highest BCUT2D eigenvalue weighted by Crippen LogP contribution is 2.22. The average Bonchev–Trinajstić information content (AvgIpc) is 2.98. The standard InChI is InChI=1S/C14H10N4O2/c19-14(20)11-6-2-1-5-10(11)13-16-12(17-18-13)9-4-3-7-15-8-9/h1-8H,(H,19,20)(H,16,17,18). The lowest BCUT2D eigenvalue weighted by Crippen LogP contribution is -1.99. The third-order valence-corrected chi connectivity index (χ3v) is 2.82. The van der Waals surface area contributed by atoms with Crippen molar-refractivity contribution in [2.75, 3.05) is 0 Å². The maximum atomic E-state index is 11.2. The quantitative estimate of drug-likeness (QED) is 0.758. The van der Waals surface area contributed by atoms with Crippen LogP contribution in [0.15, 0.2) is 48.8 Å². The van der Waals surface area contributed by atoms with Crippen molar-refractivity contribution < 1.29 is 9.90 Å². The molecule has 0 bridgehead atoms. The maximum Gasteiger partial charge on any atom is 0.336 e. The molecular weight excluding hydrogens is 256 g/mol. The van der Waals surface area contributed by atoms with Crippen LogP contribution in [0, 0.1) is 0 Å². The predicted molar refractivity (Wildman–Crippen MR) is 72.0 cm³/mol. The number of hydrogen-bond acceptors (Lipinski definition) is 4. The van der Waals surface area contributed by atoms with E-state index in [9.17, 15) is 9.90 Å². The molecule has 0 aliphatic rings. The normalized spacial score (nSPS) is 10.4. The van der Waals surface area contributed by atoms with Crippen molar-refractivity contribution in [3.05, 3.63) is 54.4 Å². The van der Waals surface area contributed by atoms with Crippen molar-refractivity contribution in [3.63, 3.8) is 0 Å². The van der Waals surface area contributed by atoms with Crippen molar-refractivity contribution in [2.24, 2.45) is 0 Å². The summed E-state index contributed by atoms with van der Waals surface area (Å²) in [7, 11) is 0. The Bertz CT molecular complexity index is 753. The highest BCUT2D eigenvalue weighted by Gasteiger charge is 2.14. The maximum absolute atomic E-state index is 11.2. The van der Waals surface area contributed by atoms with Crippen LogP contribution in [0.5, 0.6) is 0 Å². The fourth-order valence-corrected chi connectivity index (χ4v) is 1.88. The summed E-state index contributed by atoms with van der Waals surface area (Å²) in [5.41, 5.74) is 1.45. The van der Waals surface area contributed by atoms with Crippen molar-refractivity contribution in [2.45, 2.75) is 0 Å². The number of benzene rings is 1. The lowest BCUT2D eigenvalue weighted by atomic mass is 10.1. The Morgan fingerprint density at radius 1 is 1.15 bits per heavy atom. The fourth-order valence-electron chi connectivity index (χ4n) is 1.88. The van der Waals surface area contributed by atoms with Crippen LogP contribution in [0.3, 0.4) is 0 Å². The molecule has 98 valence electrons. The minimum absolute atomic E-state index is 0.182. The van der Waals surface area contributed by atoms with Crippen LogP contribution in [0.2, 0.25) is 0 Å². The molecule has 2 N–H and O–H groups in total. The summed E-state index contributed by atoms with van der Waals surface area (Å²) in [6, 6.07) is 10.3. The van der Waals surface area contributed by atoms with Gasteiger partial charge < -0.3 is 5.11 Å². The molecule has 0 saturated heterocycles. The minimum atomic E-state index is -1.00. The van der Waals surface area contributed by atoms with E-state index in [4.69, 9.17) is 0 Å². The second-order valence-electron chi connectivity index (χ2n) is 4.10. The zero-order valence-corrected chi connectivity index (χ0v) is 10.3. The van der Waals surface area contributed by atoms with Gasteiger partial charge in [0.1, 0.15) is 0 Å². The van der Waals surface area contributed by atoms with Gasteiger partial charge in [0.2, 0.25) is 0 Å². The van der Waals surface area contributed by atoms with Crippen LogP contribution in [-0.2, 0) is 0 Å². The number of carbonyl (C=O) groups is 1. The Hall–Kier alpha value is -3.02. The van der Waals surface area contributed by atoms with Crippen molar-refractivity contribution in [1.82, 2.24) is 20.2 Å². The van der Waals surface area contributed by atoms with E-state index >= 15 is 0 Å². The van der Waals surface area contributed by atoms with Gasteiger partial charge in [-0.1, -0.05) is 18.2 Å². The van der Waals surface area contributed by atoms with Gasteiger partial charge in [0.15, 0.2) is 11.6 Å². The van der Waals surface area contributed by atoms with Crippen LogP contribution in [0.4, 0.5) is 0 Å². The van der Waals surface area contributed by atoms with Gasteiger partial charge in [-0.05, 0) is 18.2 Å². The summed E-state index contributed by atoms with van der Waals surface area (Å²) in [6.45, 7) is 0. The first-order chi connectivity index (χ1) is 9.75. The Balaban J connectivity index is 2.05. The number of aromatic nitrogens is 4. The number of hydrogen-bond donors (Lipinski definition) is 2. The zero-order valence-electron chi connectivity index (χ0n) is 10.3. The monoisotopic (exact) mass is 266 g/mol. The number of aromatic carboxylic acids is 1. The number of rotatable bonds is 3. The Labute approximate surface area is 114 Å². The predicted octanol–water partition coefficient (Wildman–Crippen LogP) is 2.23. The molecule has 20 heavy (non-hydrogen) atoms. The van der Waals surface area contributed by atoms with Gasteiger partial charge in [0.05, 0.1) is 5.56 Å². The second kappa shape index (κ2) is 4.93. The molecule has 0 fully saturated rings. The second-order valence-corrected chi connectivity index (χ2v) is 4.10. The molecular formula is C14H10N4O2. The lowest BCUT2D eigenvalue weighted by molar-refractivity contribution is 0.0697. The number of carboxylic acid groups (broad SMARTS) is 1. The van der Waals surface area contributed by atoms with Crippen LogP contribution in [0.1, 0.15) is 10.4 Å². The molecule has 0 spiro atoms. The van der Waals surface area contributed by atoms with Gasteiger partial charge in [0.25, 0.3) is 0 Å². The summed E-state index contributed by atoms with van der Waals surface area (Å²) in [6.07, 6.45) is 3.31. The summed E-state index contributed by atoms with van der Waals surface area (Å²) in [5, 5.41) is 16.0. The molecule has 0 amide bonds. The number of carboxylic acids is 1. The van der Waals surface area contributed by atoms with E-state index in [1.165, 1.54) is 6.07 Å². The van der Waals surface area contributed by atoms with Gasteiger partial charge in [0, 0.05) is 23.5 Å². The summed E-state index contributed by atoms with van der Waals surface area (Å²) in [5.74, 6) is -0.102. The molecule has 0 aliphatic carbocycles. The number of nitrogens with zero attached hydrogens (tertiary/aromatic N) is 3. The van der Waals surface area contributed by atoms with Crippen LogP contribution >= 0.6 is 0 Å². The topological polar surface area (TPSA) is 91.8 Å².